The van der Waals surface area contributed by atoms with Crippen LogP contribution in [-0.4, -0.2) is 52.3 Å². The molecule has 1 heterocycles. The summed E-state index contributed by atoms with van der Waals surface area (Å²) in [6, 6.07) is 5.47. The molecule has 10 nitrogen and oxygen atoms in total. The molecule has 3 aromatic rings. The largest absolute Gasteiger partial charge is 0.481 e. The molecule has 0 aliphatic carbocycles. The van der Waals surface area contributed by atoms with Crippen molar-refractivity contribution < 1.29 is 51.0 Å². The lowest BCUT2D eigenvalue weighted by molar-refractivity contribution is -0.140. The maximum atomic E-state index is 13.7. The third-order valence-electron chi connectivity index (χ3n) is 5.01. The number of carboxylic acid groups (broad SMARTS) is 1. The maximum absolute atomic E-state index is 13.7. The molecule has 1 aromatic heterocycles. The highest BCUT2D eigenvalue weighted by molar-refractivity contribution is 5.98. The summed E-state index contributed by atoms with van der Waals surface area (Å²) in [5.41, 5.74) is 0.428. The third-order valence-corrected chi connectivity index (χ3v) is 5.01. The van der Waals surface area contributed by atoms with E-state index in [2.05, 4.69) is 20.4 Å². The van der Waals surface area contributed by atoms with Gasteiger partial charge in [0.05, 0.1) is 6.42 Å². The Labute approximate surface area is 211 Å². The van der Waals surface area contributed by atoms with Crippen molar-refractivity contribution in [2.24, 2.45) is 0 Å². The number of carbonyl (C=O) groups is 4. The lowest BCUT2D eigenvalue weighted by Gasteiger charge is -2.19. The number of nitrogens with zero attached hydrogens (tertiary/aromatic N) is 1. The predicted molar refractivity (Wildman–Crippen MR) is 120 cm³/mol. The summed E-state index contributed by atoms with van der Waals surface area (Å²) in [5, 5.41) is 13.4. The van der Waals surface area contributed by atoms with Gasteiger partial charge in [-0.15, -0.1) is 0 Å². The van der Waals surface area contributed by atoms with E-state index in [4.69, 9.17) is 9.52 Å². The van der Waals surface area contributed by atoms with Gasteiger partial charge in [-0.2, -0.15) is 8.78 Å². The van der Waals surface area contributed by atoms with Gasteiger partial charge < -0.3 is 24.9 Å². The Bertz CT molecular complexity index is 1340. The zero-order valence-electron chi connectivity index (χ0n) is 19.5. The number of carboxylic acids is 1. The Morgan fingerprint density at radius 1 is 1.03 bits per heavy atom. The molecule has 0 saturated heterocycles. The number of hydrogen-bond acceptors (Lipinski definition) is 7. The lowest BCUT2D eigenvalue weighted by Crippen LogP contribution is -2.51. The molecule has 2 amide bonds. The van der Waals surface area contributed by atoms with Crippen molar-refractivity contribution in [3.05, 3.63) is 71.6 Å². The van der Waals surface area contributed by atoms with E-state index in [0.717, 1.165) is 6.26 Å². The van der Waals surface area contributed by atoms with Crippen LogP contribution in [0.25, 0.3) is 11.5 Å². The zero-order valence-corrected chi connectivity index (χ0v) is 19.5. The van der Waals surface area contributed by atoms with Crippen LogP contribution in [0, 0.1) is 23.3 Å². The lowest BCUT2D eigenvalue weighted by atomic mass is 10.1. The molecule has 0 unspecified atom stereocenters. The first-order valence-electron chi connectivity index (χ1n) is 10.8. The number of halogens is 4. The number of aromatic nitrogens is 1. The average molecular weight is 537 g/mol. The number of rotatable bonds is 11. The summed E-state index contributed by atoms with van der Waals surface area (Å²) in [4.78, 5) is 52.6. The van der Waals surface area contributed by atoms with Crippen molar-refractivity contribution in [3.8, 4) is 17.2 Å². The second-order valence-corrected chi connectivity index (χ2v) is 7.81. The Kier molecular flexibility index (Phi) is 8.78. The SMILES string of the molecule is C[C@H](NC(=O)c1coc(-c2ccccc2)n1)C(=O)N[C@@H](CC(=O)O)C(=O)COc1c(F)c(F)cc(F)c1F. The van der Waals surface area contributed by atoms with Gasteiger partial charge in [-0.25, -0.2) is 13.8 Å². The van der Waals surface area contributed by atoms with Crippen LogP contribution in [0.3, 0.4) is 0 Å². The van der Waals surface area contributed by atoms with E-state index in [0.29, 0.717) is 5.56 Å². The third kappa shape index (κ3) is 6.72. The normalized spacial score (nSPS) is 12.3. The van der Waals surface area contributed by atoms with Gasteiger partial charge in [0, 0.05) is 11.6 Å². The minimum Gasteiger partial charge on any atom is -0.481 e. The number of aliphatic carboxylic acids is 1. The minimum absolute atomic E-state index is 0.0655. The molecule has 2 atom stereocenters. The minimum atomic E-state index is -1.91. The molecular formula is C24H19F4N3O7. The molecular weight excluding hydrogens is 518 g/mol. The van der Waals surface area contributed by atoms with Gasteiger partial charge in [0.25, 0.3) is 5.91 Å². The fourth-order valence-electron chi connectivity index (χ4n) is 3.07. The van der Waals surface area contributed by atoms with Crippen LogP contribution in [0.15, 0.2) is 47.1 Å². The van der Waals surface area contributed by atoms with Gasteiger partial charge in [-0.05, 0) is 19.1 Å². The molecule has 38 heavy (non-hydrogen) atoms. The molecule has 0 spiro atoms. The van der Waals surface area contributed by atoms with E-state index in [1.54, 1.807) is 30.3 Å². The molecule has 3 rings (SSSR count). The van der Waals surface area contributed by atoms with Crippen LogP contribution in [0.4, 0.5) is 17.6 Å². The molecule has 2 aromatic carbocycles. The van der Waals surface area contributed by atoms with Crippen molar-refractivity contribution in [1.82, 2.24) is 15.6 Å². The van der Waals surface area contributed by atoms with Crippen molar-refractivity contribution in [2.45, 2.75) is 25.4 Å². The van der Waals surface area contributed by atoms with Crippen molar-refractivity contribution >= 4 is 23.6 Å². The van der Waals surface area contributed by atoms with E-state index < -0.39 is 77.7 Å². The number of ether oxygens (including phenoxy) is 1. The summed E-state index contributed by atoms with van der Waals surface area (Å²) in [7, 11) is 0. The van der Waals surface area contributed by atoms with Crippen LogP contribution >= 0.6 is 0 Å². The summed E-state index contributed by atoms with van der Waals surface area (Å²) in [6.07, 6.45) is 0.0880. The number of Topliss-reactive ketones (excluding diaryl/α,β-unsaturated/α-hetero) is 1. The van der Waals surface area contributed by atoms with Crippen LogP contribution < -0.4 is 15.4 Å². The van der Waals surface area contributed by atoms with E-state index in [1.807, 2.05) is 0 Å². The van der Waals surface area contributed by atoms with Gasteiger partial charge in [0.2, 0.25) is 23.4 Å². The average Bonchev–Trinajstić information content (AvgIpc) is 3.38. The second-order valence-electron chi connectivity index (χ2n) is 7.81. The standard InChI is InChI=1S/C24H19F4N3O7/c1-11(29-23(36)16-9-38-24(31-16)12-5-3-2-4-6-12)22(35)30-15(8-18(33)34)17(32)10-37-21-19(27)13(25)7-14(26)20(21)28/h2-7,9,11,15H,8,10H2,1H3,(H,29,36)(H,30,35)(H,33,34)/t11-,15-/m0/s1. The van der Waals surface area contributed by atoms with Crippen molar-refractivity contribution in [2.75, 3.05) is 6.61 Å². The predicted octanol–water partition coefficient (Wildman–Crippen LogP) is 2.62. The number of oxazole rings is 1. The summed E-state index contributed by atoms with van der Waals surface area (Å²) >= 11 is 0. The van der Waals surface area contributed by atoms with E-state index in [9.17, 15) is 36.7 Å². The molecule has 0 aliphatic heterocycles. The molecule has 14 heteroatoms. The fourth-order valence-corrected chi connectivity index (χ4v) is 3.07. The number of hydrogen-bond donors (Lipinski definition) is 3. The van der Waals surface area contributed by atoms with E-state index >= 15 is 0 Å². The van der Waals surface area contributed by atoms with Crippen molar-refractivity contribution in [1.29, 1.82) is 0 Å². The molecule has 0 fully saturated rings. The topological polar surface area (TPSA) is 148 Å². The van der Waals surface area contributed by atoms with E-state index in [-0.39, 0.29) is 17.7 Å². The van der Waals surface area contributed by atoms with Crippen LogP contribution in [0.2, 0.25) is 0 Å². The summed E-state index contributed by atoms with van der Waals surface area (Å²) < 4.78 is 63.9. The van der Waals surface area contributed by atoms with Gasteiger partial charge in [-0.3, -0.25) is 19.2 Å². The van der Waals surface area contributed by atoms with Crippen LogP contribution in [0.5, 0.6) is 5.75 Å². The molecule has 0 bridgehead atoms. The first kappa shape index (κ1) is 27.8. The Balaban J connectivity index is 1.63. The molecule has 0 aliphatic rings. The summed E-state index contributed by atoms with van der Waals surface area (Å²) in [6.45, 7) is -0.0125. The van der Waals surface area contributed by atoms with Gasteiger partial charge in [-0.1, -0.05) is 18.2 Å². The summed E-state index contributed by atoms with van der Waals surface area (Å²) in [5.74, 6) is -13.3. The van der Waals surface area contributed by atoms with Gasteiger partial charge >= 0.3 is 5.97 Å². The highest BCUT2D eigenvalue weighted by atomic mass is 19.2. The smallest absolute Gasteiger partial charge is 0.305 e. The number of amides is 2. The Morgan fingerprint density at radius 3 is 2.26 bits per heavy atom. The van der Waals surface area contributed by atoms with Crippen LogP contribution in [-0.2, 0) is 14.4 Å². The number of carbonyl (C=O) groups excluding carboxylic acids is 3. The molecule has 0 radical (unpaired) electrons. The monoisotopic (exact) mass is 537 g/mol. The maximum Gasteiger partial charge on any atom is 0.305 e. The van der Waals surface area contributed by atoms with Crippen LogP contribution in [0.1, 0.15) is 23.8 Å². The first-order chi connectivity index (χ1) is 18.0. The van der Waals surface area contributed by atoms with E-state index in [1.165, 1.54) is 6.92 Å². The van der Waals surface area contributed by atoms with Crippen molar-refractivity contribution in [3.63, 3.8) is 0 Å². The second kappa shape index (κ2) is 12.0. The number of nitrogens with one attached hydrogen (secondary N) is 2. The highest BCUT2D eigenvalue weighted by Crippen LogP contribution is 2.26. The van der Waals surface area contributed by atoms with Gasteiger partial charge in [0.15, 0.2) is 28.9 Å². The quantitative estimate of drug-likeness (QED) is 0.250. The number of benzene rings is 2. The number of ketones is 1. The molecule has 200 valence electrons. The van der Waals surface area contributed by atoms with Gasteiger partial charge in [0.1, 0.15) is 25.0 Å². The fraction of sp³-hybridized carbons (Fsp3) is 0.208. The first-order valence-corrected chi connectivity index (χ1v) is 10.8. The highest BCUT2D eigenvalue weighted by Gasteiger charge is 2.29. The molecule has 3 N–H and O–H groups in total. The molecule has 0 saturated carbocycles. The Morgan fingerprint density at radius 2 is 1.66 bits per heavy atom. The zero-order chi connectivity index (χ0) is 28.0. The Hall–Kier alpha value is -4.75.